The topological polar surface area (TPSA) is 69.5 Å². The van der Waals surface area contributed by atoms with Crippen LogP contribution in [0, 0.1) is 0 Å². The smallest absolute Gasteiger partial charge is 0.191 e. The normalized spacial score (nSPS) is 15.0. The molecule has 0 amide bonds. The largest absolute Gasteiger partial charge is 0.383 e. The van der Waals surface area contributed by atoms with Gasteiger partial charge in [0.05, 0.1) is 18.8 Å². The number of rotatable bonds is 6. The Morgan fingerprint density at radius 2 is 2.00 bits per heavy atom. The summed E-state index contributed by atoms with van der Waals surface area (Å²) in [5.41, 5.74) is 0.229. The van der Waals surface area contributed by atoms with Gasteiger partial charge in [-0.15, -0.1) is 22.7 Å². The molecule has 138 valence electrons. The standard InChI is InChI=1S/C18H28N4OS2/c1-6-19-16(21-12-18(5,23)14-8-7-9-24-14)20-10-15-22-13(11-25-15)17(2,3)4/h7-9,11,23H,6,10,12H2,1-5H3,(H2,19,20,21). The van der Waals surface area contributed by atoms with Gasteiger partial charge in [0.15, 0.2) is 5.96 Å². The second-order valence-electron chi connectivity index (χ2n) is 7.18. The van der Waals surface area contributed by atoms with E-state index in [0.29, 0.717) is 19.0 Å². The van der Waals surface area contributed by atoms with Crippen molar-refractivity contribution in [2.75, 3.05) is 13.1 Å². The van der Waals surface area contributed by atoms with Crippen LogP contribution in [0.1, 0.15) is 50.2 Å². The van der Waals surface area contributed by atoms with Gasteiger partial charge in [-0.3, -0.25) is 0 Å². The molecule has 1 unspecified atom stereocenters. The van der Waals surface area contributed by atoms with Crippen molar-refractivity contribution in [1.82, 2.24) is 15.6 Å². The first-order valence-corrected chi connectivity index (χ1v) is 10.2. The average Bonchev–Trinajstić information content (AvgIpc) is 3.20. The van der Waals surface area contributed by atoms with Crippen LogP contribution in [-0.4, -0.2) is 29.1 Å². The van der Waals surface area contributed by atoms with Gasteiger partial charge in [0, 0.05) is 22.2 Å². The number of aromatic nitrogens is 1. The predicted octanol–water partition coefficient (Wildman–Crippen LogP) is 3.46. The van der Waals surface area contributed by atoms with Crippen LogP contribution in [0.3, 0.4) is 0 Å². The lowest BCUT2D eigenvalue weighted by Crippen LogP contribution is -2.44. The molecule has 0 fully saturated rings. The van der Waals surface area contributed by atoms with Gasteiger partial charge >= 0.3 is 0 Å². The summed E-state index contributed by atoms with van der Waals surface area (Å²) in [6.07, 6.45) is 0. The van der Waals surface area contributed by atoms with Crippen molar-refractivity contribution >= 4 is 28.6 Å². The van der Waals surface area contributed by atoms with E-state index in [1.165, 1.54) is 0 Å². The van der Waals surface area contributed by atoms with Gasteiger partial charge in [0.1, 0.15) is 10.6 Å². The highest BCUT2D eigenvalue weighted by atomic mass is 32.1. The molecule has 5 nitrogen and oxygen atoms in total. The summed E-state index contributed by atoms with van der Waals surface area (Å²) in [6.45, 7) is 12.0. The molecule has 0 aromatic carbocycles. The molecule has 2 aromatic rings. The molecule has 3 N–H and O–H groups in total. The van der Waals surface area contributed by atoms with Crippen molar-refractivity contribution in [1.29, 1.82) is 0 Å². The number of aliphatic imine (C=N–C) groups is 1. The summed E-state index contributed by atoms with van der Waals surface area (Å²) in [5, 5.41) is 22.1. The molecule has 2 heterocycles. The average molecular weight is 381 g/mol. The van der Waals surface area contributed by atoms with Crippen LogP contribution in [0.15, 0.2) is 27.9 Å². The third-order valence-electron chi connectivity index (χ3n) is 3.69. The van der Waals surface area contributed by atoms with Crippen molar-refractivity contribution in [2.45, 2.75) is 52.2 Å². The summed E-state index contributed by atoms with van der Waals surface area (Å²) >= 11 is 3.19. The monoisotopic (exact) mass is 380 g/mol. The number of hydrogen-bond acceptors (Lipinski definition) is 5. The number of thiophene rings is 1. The van der Waals surface area contributed by atoms with E-state index in [2.05, 4.69) is 46.8 Å². The number of nitrogens with zero attached hydrogens (tertiary/aromatic N) is 2. The molecule has 2 rings (SSSR count). The minimum atomic E-state index is -0.926. The SMILES string of the molecule is CCNC(=NCc1nc(C(C)(C)C)cs1)NCC(C)(O)c1cccs1. The van der Waals surface area contributed by atoms with Crippen molar-refractivity contribution in [3.05, 3.63) is 38.5 Å². The third-order valence-corrected chi connectivity index (χ3v) is 5.65. The third kappa shape index (κ3) is 5.80. The van der Waals surface area contributed by atoms with Crippen LogP contribution in [0.5, 0.6) is 0 Å². The molecule has 0 spiro atoms. The number of guanidine groups is 1. The van der Waals surface area contributed by atoms with E-state index in [9.17, 15) is 5.11 Å². The second kappa shape index (κ2) is 8.29. The van der Waals surface area contributed by atoms with Crippen molar-refractivity contribution in [3.63, 3.8) is 0 Å². The molecular formula is C18H28N4OS2. The minimum Gasteiger partial charge on any atom is -0.383 e. The van der Waals surface area contributed by atoms with Crippen LogP contribution >= 0.6 is 22.7 Å². The van der Waals surface area contributed by atoms with Crippen molar-refractivity contribution < 1.29 is 5.11 Å². The molecule has 0 aliphatic carbocycles. The maximum Gasteiger partial charge on any atom is 0.191 e. The fourth-order valence-electron chi connectivity index (χ4n) is 2.14. The lowest BCUT2D eigenvalue weighted by molar-refractivity contribution is 0.0655. The minimum absolute atomic E-state index is 0.0562. The highest BCUT2D eigenvalue weighted by molar-refractivity contribution is 7.10. The van der Waals surface area contributed by atoms with E-state index in [1.54, 1.807) is 22.7 Å². The van der Waals surface area contributed by atoms with Gasteiger partial charge in [0.25, 0.3) is 0 Å². The number of hydrogen-bond donors (Lipinski definition) is 3. The zero-order valence-electron chi connectivity index (χ0n) is 15.6. The quantitative estimate of drug-likeness (QED) is 0.530. The first kappa shape index (κ1) is 19.9. The summed E-state index contributed by atoms with van der Waals surface area (Å²) in [6, 6.07) is 3.89. The molecule has 2 aromatic heterocycles. The molecule has 0 bridgehead atoms. The predicted molar refractivity (Wildman–Crippen MR) is 108 cm³/mol. The van der Waals surface area contributed by atoms with E-state index in [1.807, 2.05) is 31.4 Å². The highest BCUT2D eigenvalue weighted by Crippen LogP contribution is 2.25. The van der Waals surface area contributed by atoms with E-state index in [4.69, 9.17) is 0 Å². The first-order chi connectivity index (χ1) is 11.7. The van der Waals surface area contributed by atoms with Gasteiger partial charge < -0.3 is 15.7 Å². The van der Waals surface area contributed by atoms with Gasteiger partial charge in [0.2, 0.25) is 0 Å². The summed E-state index contributed by atoms with van der Waals surface area (Å²) in [7, 11) is 0. The Labute approximate surface area is 158 Å². The van der Waals surface area contributed by atoms with Crippen LogP contribution in [0.4, 0.5) is 0 Å². The molecule has 0 aliphatic heterocycles. The molecule has 0 saturated heterocycles. The molecular weight excluding hydrogens is 352 g/mol. The Balaban J connectivity index is 2.00. The maximum absolute atomic E-state index is 10.6. The second-order valence-corrected chi connectivity index (χ2v) is 9.07. The van der Waals surface area contributed by atoms with Gasteiger partial charge in [-0.25, -0.2) is 9.98 Å². The molecule has 1 atom stereocenters. The van der Waals surface area contributed by atoms with Crippen molar-refractivity contribution in [2.24, 2.45) is 4.99 Å². The fourth-order valence-corrected chi connectivity index (χ4v) is 3.88. The summed E-state index contributed by atoms with van der Waals surface area (Å²) < 4.78 is 0. The lowest BCUT2D eigenvalue weighted by Gasteiger charge is -2.23. The van der Waals surface area contributed by atoms with E-state index in [0.717, 1.165) is 22.1 Å². The van der Waals surface area contributed by atoms with E-state index in [-0.39, 0.29) is 5.41 Å². The van der Waals surface area contributed by atoms with Gasteiger partial charge in [-0.05, 0) is 25.3 Å². The molecule has 7 heteroatoms. The fraction of sp³-hybridized carbons (Fsp3) is 0.556. The highest BCUT2D eigenvalue weighted by Gasteiger charge is 2.24. The van der Waals surface area contributed by atoms with Gasteiger partial charge in [-0.1, -0.05) is 26.8 Å². The Hall–Kier alpha value is -1.44. The Morgan fingerprint density at radius 3 is 2.56 bits per heavy atom. The summed E-state index contributed by atoms with van der Waals surface area (Å²) in [4.78, 5) is 10.2. The van der Waals surface area contributed by atoms with Crippen LogP contribution in [0.25, 0.3) is 0 Å². The Morgan fingerprint density at radius 1 is 1.24 bits per heavy atom. The van der Waals surface area contributed by atoms with Gasteiger partial charge in [-0.2, -0.15) is 0 Å². The molecule has 0 radical (unpaired) electrons. The Bertz CT molecular complexity index is 684. The molecule has 25 heavy (non-hydrogen) atoms. The maximum atomic E-state index is 10.6. The molecule has 0 saturated carbocycles. The van der Waals surface area contributed by atoms with E-state index < -0.39 is 5.60 Å². The molecule has 0 aliphatic rings. The lowest BCUT2D eigenvalue weighted by atomic mass is 9.93. The van der Waals surface area contributed by atoms with Crippen LogP contribution < -0.4 is 10.6 Å². The number of nitrogens with one attached hydrogen (secondary N) is 2. The number of thiazole rings is 1. The first-order valence-electron chi connectivity index (χ1n) is 8.46. The van der Waals surface area contributed by atoms with Crippen LogP contribution in [0.2, 0.25) is 0 Å². The zero-order chi connectivity index (χ0) is 18.5. The van der Waals surface area contributed by atoms with Crippen LogP contribution in [-0.2, 0) is 17.6 Å². The number of aliphatic hydroxyl groups is 1. The Kier molecular flexibility index (Phi) is 6.59. The zero-order valence-corrected chi connectivity index (χ0v) is 17.2. The van der Waals surface area contributed by atoms with E-state index >= 15 is 0 Å². The van der Waals surface area contributed by atoms with Crippen molar-refractivity contribution in [3.8, 4) is 0 Å². The summed E-state index contributed by atoms with van der Waals surface area (Å²) in [5.74, 6) is 0.687.